The summed E-state index contributed by atoms with van der Waals surface area (Å²) >= 11 is 0. The van der Waals surface area contributed by atoms with Gasteiger partial charge in [-0.3, -0.25) is 0 Å². The molecule has 0 bridgehead atoms. The van der Waals surface area contributed by atoms with Crippen molar-refractivity contribution in [1.82, 2.24) is 9.55 Å². The van der Waals surface area contributed by atoms with Crippen LogP contribution in [0.5, 0.6) is 5.75 Å². The topological polar surface area (TPSA) is 27.1 Å². The Bertz CT molecular complexity index is 516. The highest BCUT2D eigenvalue weighted by Crippen LogP contribution is 2.17. The highest BCUT2D eigenvalue weighted by Gasteiger charge is 2.08. The van der Waals surface area contributed by atoms with Gasteiger partial charge in [-0.15, -0.1) is 0 Å². The molecule has 1 unspecified atom stereocenters. The van der Waals surface area contributed by atoms with E-state index in [9.17, 15) is 0 Å². The van der Waals surface area contributed by atoms with Crippen LogP contribution in [0.1, 0.15) is 31.7 Å². The fourth-order valence-corrected chi connectivity index (χ4v) is 2.32. The van der Waals surface area contributed by atoms with Gasteiger partial charge in [0, 0.05) is 25.9 Å². The summed E-state index contributed by atoms with van der Waals surface area (Å²) in [6.45, 7) is 5.18. The van der Waals surface area contributed by atoms with Gasteiger partial charge in [0.1, 0.15) is 11.6 Å². The first-order valence-corrected chi connectivity index (χ1v) is 7.37. The van der Waals surface area contributed by atoms with Crippen LogP contribution in [0.4, 0.5) is 0 Å². The quantitative estimate of drug-likeness (QED) is 0.769. The van der Waals surface area contributed by atoms with Crippen molar-refractivity contribution in [2.24, 2.45) is 13.0 Å². The zero-order valence-corrected chi connectivity index (χ0v) is 12.7. The molecule has 0 amide bonds. The zero-order valence-electron chi connectivity index (χ0n) is 12.7. The third-order valence-electron chi connectivity index (χ3n) is 3.43. The Morgan fingerprint density at radius 2 is 1.95 bits per heavy atom. The maximum absolute atomic E-state index is 5.60. The molecule has 0 radical (unpaired) electrons. The SMILES string of the molecule is CCCOc1ccc(CC(C)Cc2nccn2C)cc1. The smallest absolute Gasteiger partial charge is 0.119 e. The van der Waals surface area contributed by atoms with Crippen molar-refractivity contribution in [2.45, 2.75) is 33.1 Å². The van der Waals surface area contributed by atoms with Crippen molar-refractivity contribution in [3.05, 3.63) is 48.0 Å². The number of aromatic nitrogens is 2. The van der Waals surface area contributed by atoms with Crippen molar-refractivity contribution < 1.29 is 4.74 Å². The van der Waals surface area contributed by atoms with E-state index < -0.39 is 0 Å². The minimum Gasteiger partial charge on any atom is -0.494 e. The number of hydrogen-bond acceptors (Lipinski definition) is 2. The fourth-order valence-electron chi connectivity index (χ4n) is 2.32. The number of hydrogen-bond donors (Lipinski definition) is 0. The van der Waals surface area contributed by atoms with E-state index in [1.54, 1.807) is 0 Å². The van der Waals surface area contributed by atoms with Crippen molar-refractivity contribution in [1.29, 1.82) is 0 Å². The Balaban J connectivity index is 1.87. The van der Waals surface area contributed by atoms with Gasteiger partial charge in [-0.25, -0.2) is 4.98 Å². The number of aryl methyl sites for hydroxylation is 1. The Morgan fingerprint density at radius 3 is 2.55 bits per heavy atom. The van der Waals surface area contributed by atoms with Crippen LogP contribution in [0, 0.1) is 5.92 Å². The molecule has 1 heterocycles. The van der Waals surface area contributed by atoms with Gasteiger partial charge >= 0.3 is 0 Å². The lowest BCUT2D eigenvalue weighted by Gasteiger charge is -2.12. The second kappa shape index (κ2) is 7.13. The Hall–Kier alpha value is -1.77. The molecule has 1 atom stereocenters. The van der Waals surface area contributed by atoms with Crippen molar-refractivity contribution >= 4 is 0 Å². The van der Waals surface area contributed by atoms with Gasteiger partial charge in [0.25, 0.3) is 0 Å². The molecular formula is C17H24N2O. The molecule has 2 rings (SSSR count). The molecule has 1 aromatic carbocycles. The summed E-state index contributed by atoms with van der Waals surface area (Å²) in [5, 5.41) is 0. The molecular weight excluding hydrogens is 248 g/mol. The number of rotatable bonds is 7. The molecule has 0 aliphatic rings. The van der Waals surface area contributed by atoms with Crippen LogP contribution in [-0.2, 0) is 19.9 Å². The van der Waals surface area contributed by atoms with Crippen LogP contribution in [0.2, 0.25) is 0 Å². The average molecular weight is 272 g/mol. The largest absolute Gasteiger partial charge is 0.494 e. The van der Waals surface area contributed by atoms with Crippen LogP contribution in [0.15, 0.2) is 36.7 Å². The van der Waals surface area contributed by atoms with Crippen LogP contribution in [0.25, 0.3) is 0 Å². The molecule has 0 saturated carbocycles. The number of nitrogens with zero attached hydrogens (tertiary/aromatic N) is 2. The van der Waals surface area contributed by atoms with Gasteiger partial charge in [-0.2, -0.15) is 0 Å². The average Bonchev–Trinajstić information content (AvgIpc) is 2.83. The number of benzene rings is 1. The van der Waals surface area contributed by atoms with Crippen molar-refractivity contribution in [3.8, 4) is 5.75 Å². The minimum absolute atomic E-state index is 0.582. The monoisotopic (exact) mass is 272 g/mol. The highest BCUT2D eigenvalue weighted by molar-refractivity contribution is 5.27. The van der Waals surface area contributed by atoms with Crippen LogP contribution in [0.3, 0.4) is 0 Å². The van der Waals surface area contributed by atoms with E-state index >= 15 is 0 Å². The van der Waals surface area contributed by atoms with Gasteiger partial charge in [0.05, 0.1) is 6.61 Å². The fraction of sp³-hybridized carbons (Fsp3) is 0.471. The van der Waals surface area contributed by atoms with Crippen LogP contribution in [-0.4, -0.2) is 16.2 Å². The molecule has 0 fully saturated rings. The van der Waals surface area contributed by atoms with E-state index in [-0.39, 0.29) is 0 Å². The van der Waals surface area contributed by atoms with E-state index in [1.807, 2.05) is 12.4 Å². The summed E-state index contributed by atoms with van der Waals surface area (Å²) in [5.41, 5.74) is 1.36. The van der Waals surface area contributed by atoms with Gasteiger partial charge in [-0.1, -0.05) is 26.0 Å². The van der Waals surface area contributed by atoms with E-state index in [4.69, 9.17) is 4.74 Å². The summed E-state index contributed by atoms with van der Waals surface area (Å²) < 4.78 is 7.70. The first-order valence-electron chi connectivity index (χ1n) is 7.37. The molecule has 1 aromatic heterocycles. The zero-order chi connectivity index (χ0) is 14.4. The van der Waals surface area contributed by atoms with Gasteiger partial charge < -0.3 is 9.30 Å². The molecule has 108 valence electrons. The minimum atomic E-state index is 0.582. The van der Waals surface area contributed by atoms with Crippen molar-refractivity contribution in [2.75, 3.05) is 6.61 Å². The Morgan fingerprint density at radius 1 is 1.20 bits per heavy atom. The van der Waals surface area contributed by atoms with Gasteiger partial charge in [-0.05, 0) is 36.5 Å². The molecule has 0 aliphatic carbocycles. The maximum atomic E-state index is 5.60. The standard InChI is InChI=1S/C17H24N2O/c1-4-11-20-16-7-5-15(6-8-16)12-14(2)13-17-18-9-10-19(17)3/h5-10,14H,4,11-13H2,1-3H3. The summed E-state index contributed by atoms with van der Waals surface area (Å²) in [7, 11) is 2.05. The van der Waals surface area contributed by atoms with E-state index in [2.05, 4.69) is 54.7 Å². The summed E-state index contributed by atoms with van der Waals surface area (Å²) in [6, 6.07) is 8.47. The Kier molecular flexibility index (Phi) is 5.22. The molecule has 0 spiro atoms. The lowest BCUT2D eigenvalue weighted by Crippen LogP contribution is -2.08. The molecule has 0 saturated heterocycles. The third kappa shape index (κ3) is 4.12. The van der Waals surface area contributed by atoms with Crippen molar-refractivity contribution in [3.63, 3.8) is 0 Å². The summed E-state index contributed by atoms with van der Waals surface area (Å²) in [6.07, 6.45) is 6.99. The van der Waals surface area contributed by atoms with E-state index in [0.29, 0.717) is 5.92 Å². The number of ether oxygens (including phenoxy) is 1. The first-order chi connectivity index (χ1) is 9.69. The molecule has 0 N–H and O–H groups in total. The second-order valence-electron chi connectivity index (χ2n) is 5.46. The highest BCUT2D eigenvalue weighted by atomic mass is 16.5. The second-order valence-corrected chi connectivity index (χ2v) is 5.46. The molecule has 0 aliphatic heterocycles. The first kappa shape index (κ1) is 14.6. The Labute approximate surface area is 121 Å². The number of imidazole rings is 1. The molecule has 20 heavy (non-hydrogen) atoms. The van der Waals surface area contributed by atoms with E-state index in [0.717, 1.165) is 37.4 Å². The molecule has 2 aromatic rings. The normalized spacial score (nSPS) is 12.3. The van der Waals surface area contributed by atoms with Crippen LogP contribution >= 0.6 is 0 Å². The van der Waals surface area contributed by atoms with E-state index in [1.165, 1.54) is 5.56 Å². The van der Waals surface area contributed by atoms with Gasteiger partial charge in [0.15, 0.2) is 0 Å². The summed E-state index contributed by atoms with van der Waals surface area (Å²) in [5.74, 6) is 2.70. The third-order valence-corrected chi connectivity index (χ3v) is 3.43. The maximum Gasteiger partial charge on any atom is 0.119 e. The lowest BCUT2D eigenvalue weighted by molar-refractivity contribution is 0.317. The predicted octanol–water partition coefficient (Wildman–Crippen LogP) is 3.63. The van der Waals surface area contributed by atoms with Crippen LogP contribution < -0.4 is 4.74 Å². The summed E-state index contributed by atoms with van der Waals surface area (Å²) in [4.78, 5) is 4.39. The lowest BCUT2D eigenvalue weighted by atomic mass is 9.98. The predicted molar refractivity (Wildman–Crippen MR) is 82.0 cm³/mol. The molecule has 3 nitrogen and oxygen atoms in total. The molecule has 3 heteroatoms. The van der Waals surface area contributed by atoms with Gasteiger partial charge in [0.2, 0.25) is 0 Å².